The molecule has 1 fully saturated rings. The van der Waals surface area contributed by atoms with E-state index < -0.39 is 4.92 Å². The van der Waals surface area contributed by atoms with Gasteiger partial charge in [-0.1, -0.05) is 30.3 Å². The van der Waals surface area contributed by atoms with Crippen LogP contribution in [0.25, 0.3) is 0 Å². The van der Waals surface area contributed by atoms with Crippen LogP contribution in [0.4, 0.5) is 10.1 Å². The van der Waals surface area contributed by atoms with Gasteiger partial charge in [0, 0.05) is 36.8 Å². The molecule has 3 rings (SSSR count). The first-order chi connectivity index (χ1) is 13.0. The molecule has 2 aromatic rings. The lowest BCUT2D eigenvalue weighted by molar-refractivity contribution is -0.385. The summed E-state index contributed by atoms with van der Waals surface area (Å²) >= 11 is 0. The molecule has 0 bridgehead atoms. The Morgan fingerprint density at radius 1 is 1.15 bits per heavy atom. The number of para-hydroxylation sites is 1. The van der Waals surface area contributed by atoms with E-state index in [0.29, 0.717) is 38.2 Å². The number of hydrogen-bond donors (Lipinski definition) is 1. The fourth-order valence-electron chi connectivity index (χ4n) is 3.47. The number of nitro groups is 1. The molecule has 1 N–H and O–H groups in total. The minimum absolute atomic E-state index is 0.0624. The Hall–Kier alpha value is -2.80. The first-order valence-corrected chi connectivity index (χ1v) is 8.83. The topological polar surface area (TPSA) is 81.5 Å². The minimum Gasteiger partial charge on any atom is -0.381 e. The normalized spacial score (nSPS) is 15.9. The van der Waals surface area contributed by atoms with E-state index in [4.69, 9.17) is 4.74 Å². The summed E-state index contributed by atoms with van der Waals surface area (Å²) < 4.78 is 18.7. The summed E-state index contributed by atoms with van der Waals surface area (Å²) in [5, 5.41) is 14.0. The molecule has 7 heteroatoms. The molecule has 0 unspecified atom stereocenters. The highest BCUT2D eigenvalue weighted by atomic mass is 19.1. The van der Waals surface area contributed by atoms with E-state index in [-0.39, 0.29) is 29.2 Å². The lowest BCUT2D eigenvalue weighted by Gasteiger charge is -2.38. The minimum atomic E-state index is -0.485. The molecule has 0 aromatic heterocycles. The molecular weight excluding hydrogens is 351 g/mol. The van der Waals surface area contributed by atoms with Crippen LogP contribution in [0.1, 0.15) is 24.0 Å². The number of carbonyl (C=O) groups is 1. The molecule has 0 atom stereocenters. The lowest BCUT2D eigenvalue weighted by atomic mass is 9.74. The Morgan fingerprint density at radius 3 is 2.48 bits per heavy atom. The van der Waals surface area contributed by atoms with Crippen molar-refractivity contribution < 1.29 is 18.8 Å². The van der Waals surface area contributed by atoms with Crippen molar-refractivity contribution in [3.05, 3.63) is 75.6 Å². The third kappa shape index (κ3) is 4.49. The van der Waals surface area contributed by atoms with Gasteiger partial charge in [-0.3, -0.25) is 14.9 Å². The quantitative estimate of drug-likeness (QED) is 0.624. The second-order valence-electron chi connectivity index (χ2n) is 6.74. The van der Waals surface area contributed by atoms with Crippen molar-refractivity contribution in [1.82, 2.24) is 5.32 Å². The largest absolute Gasteiger partial charge is 0.381 e. The van der Waals surface area contributed by atoms with E-state index >= 15 is 0 Å². The van der Waals surface area contributed by atoms with Crippen LogP contribution in [-0.2, 0) is 21.4 Å². The Morgan fingerprint density at radius 2 is 1.81 bits per heavy atom. The summed E-state index contributed by atoms with van der Waals surface area (Å²) in [5.74, 6) is -0.585. The van der Waals surface area contributed by atoms with Gasteiger partial charge in [-0.25, -0.2) is 4.39 Å². The predicted octanol–water partition coefficient (Wildman–Crippen LogP) is 3.14. The lowest BCUT2D eigenvalue weighted by Crippen LogP contribution is -2.45. The molecule has 0 saturated carbocycles. The molecule has 1 aliphatic heterocycles. The fraction of sp³-hybridized carbons (Fsp3) is 0.350. The zero-order valence-electron chi connectivity index (χ0n) is 14.8. The van der Waals surface area contributed by atoms with E-state index in [1.807, 2.05) is 0 Å². The van der Waals surface area contributed by atoms with E-state index in [1.54, 1.807) is 30.3 Å². The van der Waals surface area contributed by atoms with E-state index in [2.05, 4.69) is 5.32 Å². The Balaban J connectivity index is 1.71. The van der Waals surface area contributed by atoms with Gasteiger partial charge in [0.25, 0.3) is 5.69 Å². The highest BCUT2D eigenvalue weighted by Crippen LogP contribution is 2.34. The monoisotopic (exact) mass is 372 g/mol. The Kier molecular flexibility index (Phi) is 5.81. The number of benzene rings is 2. The van der Waals surface area contributed by atoms with Crippen LogP contribution in [0, 0.1) is 15.9 Å². The molecule has 1 aliphatic rings. The van der Waals surface area contributed by atoms with Crippen LogP contribution in [0.2, 0.25) is 0 Å². The van der Waals surface area contributed by atoms with Gasteiger partial charge in [0.15, 0.2) is 0 Å². The van der Waals surface area contributed by atoms with Crippen LogP contribution < -0.4 is 5.32 Å². The van der Waals surface area contributed by atoms with Gasteiger partial charge in [-0.05, 0) is 30.5 Å². The highest BCUT2D eigenvalue weighted by Gasteiger charge is 2.35. The Bertz CT molecular complexity index is 817. The van der Waals surface area contributed by atoms with Crippen molar-refractivity contribution in [3.8, 4) is 0 Å². The SMILES string of the molecule is O=C(Cc1ccccc1[N+](=O)[O-])NCC1(c2ccc(F)cc2)CCOCC1. The standard InChI is InChI=1S/C20H21FN2O4/c21-17-7-5-16(6-8-17)20(9-11-27-12-10-20)14-22-19(24)13-15-3-1-2-4-18(15)23(25)26/h1-8H,9-14H2,(H,22,24). The van der Waals surface area contributed by atoms with Gasteiger partial charge in [0.1, 0.15) is 5.82 Å². The predicted molar refractivity (Wildman–Crippen MR) is 97.9 cm³/mol. The number of carbonyl (C=O) groups excluding carboxylic acids is 1. The second kappa shape index (κ2) is 8.26. The number of hydrogen-bond acceptors (Lipinski definition) is 4. The highest BCUT2D eigenvalue weighted by molar-refractivity contribution is 5.79. The van der Waals surface area contributed by atoms with Crippen LogP contribution >= 0.6 is 0 Å². The Labute approximate surface area is 156 Å². The zero-order chi connectivity index (χ0) is 19.3. The number of amides is 1. The molecular formula is C20H21FN2O4. The maximum absolute atomic E-state index is 13.3. The average Bonchev–Trinajstić information content (AvgIpc) is 2.68. The molecule has 142 valence electrons. The van der Waals surface area contributed by atoms with Crippen LogP contribution in [-0.4, -0.2) is 30.6 Å². The number of nitrogens with zero attached hydrogens (tertiary/aromatic N) is 1. The molecule has 0 spiro atoms. The number of halogens is 1. The number of nitro benzene ring substituents is 1. The molecule has 6 nitrogen and oxygen atoms in total. The maximum atomic E-state index is 13.3. The van der Waals surface area contributed by atoms with Crippen molar-refractivity contribution >= 4 is 11.6 Å². The zero-order valence-corrected chi connectivity index (χ0v) is 14.8. The van der Waals surface area contributed by atoms with Gasteiger partial charge in [0.2, 0.25) is 5.91 Å². The summed E-state index contributed by atoms with van der Waals surface area (Å²) in [7, 11) is 0. The molecule has 0 aliphatic carbocycles. The maximum Gasteiger partial charge on any atom is 0.273 e. The third-order valence-electron chi connectivity index (χ3n) is 5.07. The van der Waals surface area contributed by atoms with Crippen LogP contribution in [0.15, 0.2) is 48.5 Å². The van der Waals surface area contributed by atoms with Crippen molar-refractivity contribution in [3.63, 3.8) is 0 Å². The van der Waals surface area contributed by atoms with Crippen molar-refractivity contribution in [1.29, 1.82) is 0 Å². The average molecular weight is 372 g/mol. The molecule has 27 heavy (non-hydrogen) atoms. The van der Waals surface area contributed by atoms with Gasteiger partial charge < -0.3 is 10.1 Å². The first-order valence-electron chi connectivity index (χ1n) is 8.83. The molecule has 1 saturated heterocycles. The van der Waals surface area contributed by atoms with Crippen LogP contribution in [0.5, 0.6) is 0 Å². The van der Waals surface area contributed by atoms with Crippen molar-refractivity contribution in [2.45, 2.75) is 24.7 Å². The van der Waals surface area contributed by atoms with Gasteiger partial charge in [-0.2, -0.15) is 0 Å². The number of nitrogens with one attached hydrogen (secondary N) is 1. The first kappa shape index (κ1) is 19.0. The molecule has 2 aromatic carbocycles. The number of ether oxygens (including phenoxy) is 1. The van der Waals surface area contributed by atoms with Crippen molar-refractivity contribution in [2.24, 2.45) is 0 Å². The van der Waals surface area contributed by atoms with Gasteiger partial charge >= 0.3 is 0 Å². The van der Waals surface area contributed by atoms with Crippen LogP contribution in [0.3, 0.4) is 0 Å². The second-order valence-corrected chi connectivity index (χ2v) is 6.74. The third-order valence-corrected chi connectivity index (χ3v) is 5.07. The summed E-state index contributed by atoms with van der Waals surface area (Å²) in [6, 6.07) is 12.6. The molecule has 0 radical (unpaired) electrons. The summed E-state index contributed by atoms with van der Waals surface area (Å²) in [4.78, 5) is 23.0. The van der Waals surface area contributed by atoms with E-state index in [1.165, 1.54) is 18.2 Å². The van der Waals surface area contributed by atoms with Gasteiger partial charge in [0.05, 0.1) is 11.3 Å². The number of rotatable bonds is 6. The van der Waals surface area contributed by atoms with E-state index in [9.17, 15) is 19.3 Å². The summed E-state index contributed by atoms with van der Waals surface area (Å²) in [6.45, 7) is 1.51. The molecule has 1 heterocycles. The molecule has 1 amide bonds. The summed E-state index contributed by atoms with van der Waals surface area (Å²) in [5.41, 5.74) is 0.942. The van der Waals surface area contributed by atoms with E-state index in [0.717, 1.165) is 5.56 Å². The van der Waals surface area contributed by atoms with Crippen molar-refractivity contribution in [2.75, 3.05) is 19.8 Å². The fourth-order valence-corrected chi connectivity index (χ4v) is 3.47. The smallest absolute Gasteiger partial charge is 0.273 e. The summed E-state index contributed by atoms with van der Waals surface area (Å²) in [6.07, 6.45) is 1.36. The van der Waals surface area contributed by atoms with Gasteiger partial charge in [-0.15, -0.1) is 0 Å².